The molecule has 3 rings (SSSR count). The number of hydrogen-bond acceptors (Lipinski definition) is 2. The van der Waals surface area contributed by atoms with Gasteiger partial charge in [-0.3, -0.25) is 4.79 Å². The third-order valence-electron chi connectivity index (χ3n) is 5.14. The summed E-state index contributed by atoms with van der Waals surface area (Å²) in [6.07, 6.45) is 4.56. The lowest BCUT2D eigenvalue weighted by Gasteiger charge is -2.31. The number of benzene rings is 2. The Morgan fingerprint density at radius 3 is 2.42 bits per heavy atom. The molecule has 0 unspecified atom stereocenters. The maximum Gasteiger partial charge on any atom is 0.251 e. The predicted molar refractivity (Wildman–Crippen MR) is 96.7 cm³/mol. The Kier molecular flexibility index (Phi) is 4.89. The molecule has 1 amide bonds. The third-order valence-corrected chi connectivity index (χ3v) is 5.14. The SMILES string of the molecule is COc1ccccc1C1(CNC(=O)c2ccc(C)cc2)CCCC1. The lowest BCUT2D eigenvalue weighted by atomic mass is 9.78. The molecule has 0 saturated heterocycles. The fourth-order valence-corrected chi connectivity index (χ4v) is 3.73. The van der Waals surface area contributed by atoms with Gasteiger partial charge in [0.15, 0.2) is 0 Å². The number of hydrogen-bond donors (Lipinski definition) is 1. The number of carbonyl (C=O) groups excluding carboxylic acids is 1. The molecule has 1 aliphatic carbocycles. The Hall–Kier alpha value is -2.29. The molecule has 0 bridgehead atoms. The molecule has 1 saturated carbocycles. The van der Waals surface area contributed by atoms with Crippen LogP contribution in [0.4, 0.5) is 0 Å². The highest BCUT2D eigenvalue weighted by Crippen LogP contribution is 2.44. The summed E-state index contributed by atoms with van der Waals surface area (Å²) >= 11 is 0. The minimum absolute atomic E-state index is 0.00354. The van der Waals surface area contributed by atoms with Crippen molar-refractivity contribution in [1.29, 1.82) is 0 Å². The van der Waals surface area contributed by atoms with Crippen molar-refractivity contribution in [2.24, 2.45) is 0 Å². The monoisotopic (exact) mass is 323 g/mol. The summed E-state index contributed by atoms with van der Waals surface area (Å²) < 4.78 is 5.57. The van der Waals surface area contributed by atoms with E-state index in [1.807, 2.05) is 43.3 Å². The van der Waals surface area contributed by atoms with E-state index in [2.05, 4.69) is 17.4 Å². The van der Waals surface area contributed by atoms with Crippen LogP contribution >= 0.6 is 0 Å². The van der Waals surface area contributed by atoms with Crippen LogP contribution in [0.25, 0.3) is 0 Å². The van der Waals surface area contributed by atoms with Crippen LogP contribution in [0, 0.1) is 6.92 Å². The molecule has 0 spiro atoms. The van der Waals surface area contributed by atoms with Crippen LogP contribution in [0.2, 0.25) is 0 Å². The zero-order valence-electron chi connectivity index (χ0n) is 14.5. The standard InChI is InChI=1S/C21H25NO2/c1-16-9-11-17(12-10-16)20(23)22-15-21(13-5-6-14-21)18-7-3-4-8-19(18)24-2/h3-4,7-12H,5-6,13-15H2,1-2H3,(H,22,23). The van der Waals surface area contributed by atoms with Crippen molar-refractivity contribution in [1.82, 2.24) is 5.32 Å². The molecule has 2 aromatic rings. The summed E-state index contributed by atoms with van der Waals surface area (Å²) in [5, 5.41) is 3.16. The fourth-order valence-electron chi connectivity index (χ4n) is 3.73. The summed E-state index contributed by atoms with van der Waals surface area (Å²) in [6.45, 7) is 2.68. The molecular weight excluding hydrogens is 298 g/mol. The molecule has 2 aromatic carbocycles. The second kappa shape index (κ2) is 7.08. The largest absolute Gasteiger partial charge is 0.496 e. The normalized spacial score (nSPS) is 15.9. The number of amides is 1. The van der Waals surface area contributed by atoms with Crippen molar-refractivity contribution in [3.63, 3.8) is 0 Å². The van der Waals surface area contributed by atoms with Crippen molar-refractivity contribution in [3.8, 4) is 5.75 Å². The first kappa shape index (κ1) is 16.6. The number of rotatable bonds is 5. The van der Waals surface area contributed by atoms with Crippen LogP contribution in [-0.2, 0) is 5.41 Å². The maximum absolute atomic E-state index is 12.5. The van der Waals surface area contributed by atoms with Crippen LogP contribution in [0.15, 0.2) is 48.5 Å². The number of methoxy groups -OCH3 is 1. The zero-order chi connectivity index (χ0) is 17.0. The van der Waals surface area contributed by atoms with Gasteiger partial charge in [0, 0.05) is 23.1 Å². The second-order valence-electron chi connectivity index (χ2n) is 6.74. The Morgan fingerprint density at radius 2 is 1.75 bits per heavy atom. The van der Waals surface area contributed by atoms with Gasteiger partial charge in [-0.1, -0.05) is 48.7 Å². The quantitative estimate of drug-likeness (QED) is 0.893. The van der Waals surface area contributed by atoms with E-state index >= 15 is 0 Å². The number of nitrogens with one attached hydrogen (secondary N) is 1. The van der Waals surface area contributed by atoms with Crippen molar-refractivity contribution in [2.75, 3.05) is 13.7 Å². The van der Waals surface area contributed by atoms with Crippen molar-refractivity contribution in [2.45, 2.75) is 38.0 Å². The van der Waals surface area contributed by atoms with Gasteiger partial charge in [0.2, 0.25) is 0 Å². The number of para-hydroxylation sites is 1. The van der Waals surface area contributed by atoms with Gasteiger partial charge in [0.25, 0.3) is 5.91 Å². The first-order chi connectivity index (χ1) is 11.6. The van der Waals surface area contributed by atoms with Gasteiger partial charge in [0.05, 0.1) is 7.11 Å². The van der Waals surface area contributed by atoms with E-state index in [9.17, 15) is 4.79 Å². The second-order valence-corrected chi connectivity index (χ2v) is 6.74. The van der Waals surface area contributed by atoms with Gasteiger partial charge in [-0.05, 0) is 38.0 Å². The topological polar surface area (TPSA) is 38.3 Å². The first-order valence-electron chi connectivity index (χ1n) is 8.63. The summed E-state index contributed by atoms with van der Waals surface area (Å²) in [5.41, 5.74) is 3.07. The van der Waals surface area contributed by atoms with Gasteiger partial charge in [-0.25, -0.2) is 0 Å². The Morgan fingerprint density at radius 1 is 1.08 bits per heavy atom. The van der Waals surface area contributed by atoms with E-state index in [0.29, 0.717) is 12.1 Å². The van der Waals surface area contributed by atoms with Crippen LogP contribution in [0.5, 0.6) is 5.75 Å². The Bertz CT molecular complexity index is 700. The molecule has 0 atom stereocenters. The van der Waals surface area contributed by atoms with E-state index in [0.717, 1.165) is 24.2 Å². The highest BCUT2D eigenvalue weighted by molar-refractivity contribution is 5.94. The minimum atomic E-state index is -0.0209. The van der Waals surface area contributed by atoms with Gasteiger partial charge in [0.1, 0.15) is 5.75 Å². The molecule has 3 heteroatoms. The van der Waals surface area contributed by atoms with Crippen LogP contribution < -0.4 is 10.1 Å². The zero-order valence-corrected chi connectivity index (χ0v) is 14.5. The average molecular weight is 323 g/mol. The van der Waals surface area contributed by atoms with E-state index in [1.165, 1.54) is 18.4 Å². The summed E-state index contributed by atoms with van der Waals surface area (Å²) in [7, 11) is 1.71. The van der Waals surface area contributed by atoms with E-state index < -0.39 is 0 Å². The fraction of sp³-hybridized carbons (Fsp3) is 0.381. The lowest BCUT2D eigenvalue weighted by molar-refractivity contribution is 0.0942. The molecule has 1 N–H and O–H groups in total. The summed E-state index contributed by atoms with van der Waals surface area (Å²) in [6, 6.07) is 15.9. The Labute approximate surface area is 144 Å². The molecule has 0 aromatic heterocycles. The van der Waals surface area contributed by atoms with Crippen LogP contribution in [0.1, 0.15) is 47.2 Å². The van der Waals surface area contributed by atoms with Crippen LogP contribution in [0.3, 0.4) is 0 Å². The Balaban J connectivity index is 1.79. The molecule has 126 valence electrons. The van der Waals surface area contributed by atoms with E-state index in [4.69, 9.17) is 4.74 Å². The summed E-state index contributed by atoms with van der Waals surface area (Å²) in [5.74, 6) is 0.917. The smallest absolute Gasteiger partial charge is 0.251 e. The van der Waals surface area contributed by atoms with Gasteiger partial charge >= 0.3 is 0 Å². The van der Waals surface area contributed by atoms with E-state index in [1.54, 1.807) is 7.11 Å². The molecule has 1 fully saturated rings. The average Bonchev–Trinajstić information content (AvgIpc) is 3.10. The first-order valence-corrected chi connectivity index (χ1v) is 8.63. The molecule has 0 aliphatic heterocycles. The van der Waals surface area contributed by atoms with Crippen molar-refractivity contribution >= 4 is 5.91 Å². The maximum atomic E-state index is 12.5. The van der Waals surface area contributed by atoms with Gasteiger partial charge < -0.3 is 10.1 Å². The molecule has 3 nitrogen and oxygen atoms in total. The molecular formula is C21H25NO2. The number of aryl methyl sites for hydroxylation is 1. The van der Waals surface area contributed by atoms with Crippen molar-refractivity contribution in [3.05, 3.63) is 65.2 Å². The van der Waals surface area contributed by atoms with Crippen molar-refractivity contribution < 1.29 is 9.53 Å². The third kappa shape index (κ3) is 3.30. The van der Waals surface area contributed by atoms with Gasteiger partial charge in [-0.15, -0.1) is 0 Å². The highest BCUT2D eigenvalue weighted by atomic mass is 16.5. The lowest BCUT2D eigenvalue weighted by Crippen LogP contribution is -2.39. The van der Waals surface area contributed by atoms with Crippen LogP contribution in [-0.4, -0.2) is 19.6 Å². The molecule has 0 radical (unpaired) electrons. The molecule has 0 heterocycles. The van der Waals surface area contributed by atoms with E-state index in [-0.39, 0.29) is 11.3 Å². The molecule has 1 aliphatic rings. The minimum Gasteiger partial charge on any atom is -0.496 e. The highest BCUT2D eigenvalue weighted by Gasteiger charge is 2.38. The summed E-state index contributed by atoms with van der Waals surface area (Å²) in [4.78, 5) is 12.5. The number of ether oxygens (including phenoxy) is 1. The molecule has 24 heavy (non-hydrogen) atoms. The number of carbonyl (C=O) groups is 1. The van der Waals surface area contributed by atoms with Gasteiger partial charge in [-0.2, -0.15) is 0 Å². The predicted octanol–water partition coefficient (Wildman–Crippen LogP) is 4.25.